The van der Waals surface area contributed by atoms with Crippen molar-refractivity contribution >= 4 is 23.2 Å². The summed E-state index contributed by atoms with van der Waals surface area (Å²) in [6, 6.07) is 9.55. The average Bonchev–Trinajstić information content (AvgIpc) is 3.28. The van der Waals surface area contributed by atoms with Crippen LogP contribution in [-0.2, 0) is 6.54 Å². The summed E-state index contributed by atoms with van der Waals surface area (Å²) in [6.07, 6.45) is 4.46. The first-order valence-corrected chi connectivity index (χ1v) is 8.85. The van der Waals surface area contributed by atoms with Crippen LogP contribution in [0.5, 0.6) is 0 Å². The lowest BCUT2D eigenvalue weighted by Crippen LogP contribution is -2.19. The molecule has 0 aliphatic carbocycles. The lowest BCUT2D eigenvalue weighted by molar-refractivity contribution is 0.309. The molecule has 128 valence electrons. The Balaban J connectivity index is 1.42. The summed E-state index contributed by atoms with van der Waals surface area (Å²) < 4.78 is 5.48. The Bertz CT molecular complexity index is 869. The minimum absolute atomic E-state index is 0.251. The number of pyridine rings is 1. The van der Waals surface area contributed by atoms with Crippen molar-refractivity contribution in [2.75, 3.05) is 13.1 Å². The molecule has 4 rings (SSSR count). The lowest BCUT2D eigenvalue weighted by Gasteiger charge is -2.15. The van der Waals surface area contributed by atoms with Crippen molar-refractivity contribution < 1.29 is 4.52 Å². The Kier molecular flexibility index (Phi) is 4.70. The maximum atomic E-state index is 6.10. The summed E-state index contributed by atoms with van der Waals surface area (Å²) >= 11 is 12.1. The van der Waals surface area contributed by atoms with Crippen molar-refractivity contribution in [1.82, 2.24) is 20.0 Å². The van der Waals surface area contributed by atoms with Gasteiger partial charge < -0.3 is 4.52 Å². The molecular formula is C18H16Cl2N4O. The predicted octanol–water partition coefficient (Wildman–Crippen LogP) is 4.43. The first-order chi connectivity index (χ1) is 12.2. The molecule has 1 atom stereocenters. The highest BCUT2D eigenvalue weighted by Gasteiger charge is 2.28. The number of hydrogen-bond donors (Lipinski definition) is 0. The molecule has 3 aromatic rings. The van der Waals surface area contributed by atoms with Crippen LogP contribution in [0.15, 0.2) is 47.2 Å². The highest BCUT2D eigenvalue weighted by Crippen LogP contribution is 2.29. The molecule has 1 fully saturated rings. The van der Waals surface area contributed by atoms with Gasteiger partial charge in [-0.2, -0.15) is 4.98 Å². The van der Waals surface area contributed by atoms with E-state index < -0.39 is 0 Å². The number of benzene rings is 1. The van der Waals surface area contributed by atoms with Gasteiger partial charge in [0.1, 0.15) is 0 Å². The molecule has 7 heteroatoms. The monoisotopic (exact) mass is 374 g/mol. The molecule has 0 N–H and O–H groups in total. The van der Waals surface area contributed by atoms with Gasteiger partial charge in [-0.3, -0.25) is 9.88 Å². The van der Waals surface area contributed by atoms with Crippen LogP contribution in [0.4, 0.5) is 0 Å². The van der Waals surface area contributed by atoms with Gasteiger partial charge in [0.15, 0.2) is 0 Å². The smallest absolute Gasteiger partial charge is 0.231 e. The normalized spacial score (nSPS) is 17.9. The fourth-order valence-electron chi connectivity index (χ4n) is 3.09. The van der Waals surface area contributed by atoms with Crippen LogP contribution >= 0.6 is 23.2 Å². The maximum absolute atomic E-state index is 6.10. The van der Waals surface area contributed by atoms with E-state index in [1.54, 1.807) is 12.4 Å². The summed E-state index contributed by atoms with van der Waals surface area (Å²) in [7, 11) is 0. The quantitative estimate of drug-likeness (QED) is 0.675. The fourth-order valence-corrected chi connectivity index (χ4v) is 3.41. The first-order valence-electron chi connectivity index (χ1n) is 8.09. The first kappa shape index (κ1) is 16.5. The second kappa shape index (κ2) is 7.12. The molecule has 0 radical (unpaired) electrons. The number of aromatic nitrogens is 3. The fraction of sp³-hybridized carbons (Fsp3) is 0.278. The van der Waals surface area contributed by atoms with Crippen LogP contribution in [0.1, 0.15) is 23.8 Å². The van der Waals surface area contributed by atoms with Gasteiger partial charge in [0.25, 0.3) is 0 Å². The van der Waals surface area contributed by atoms with Gasteiger partial charge in [-0.05, 0) is 42.8 Å². The minimum Gasteiger partial charge on any atom is -0.339 e. The van der Waals surface area contributed by atoms with E-state index >= 15 is 0 Å². The lowest BCUT2D eigenvalue weighted by atomic mass is 10.1. The van der Waals surface area contributed by atoms with Crippen molar-refractivity contribution in [3.8, 4) is 11.4 Å². The van der Waals surface area contributed by atoms with Gasteiger partial charge in [0.2, 0.25) is 11.7 Å². The van der Waals surface area contributed by atoms with Crippen molar-refractivity contribution in [2.24, 2.45) is 0 Å². The van der Waals surface area contributed by atoms with Gasteiger partial charge in [-0.15, -0.1) is 0 Å². The van der Waals surface area contributed by atoms with Gasteiger partial charge >= 0.3 is 0 Å². The Labute approximate surface area is 155 Å². The number of nitrogens with zero attached hydrogens (tertiary/aromatic N) is 4. The zero-order valence-electron chi connectivity index (χ0n) is 13.4. The Morgan fingerprint density at radius 2 is 2.12 bits per heavy atom. The molecule has 0 unspecified atom stereocenters. The van der Waals surface area contributed by atoms with Crippen LogP contribution in [0.25, 0.3) is 11.4 Å². The van der Waals surface area contributed by atoms with E-state index in [4.69, 9.17) is 27.7 Å². The highest BCUT2D eigenvalue weighted by molar-refractivity contribution is 6.42. The highest BCUT2D eigenvalue weighted by atomic mass is 35.5. The molecular weight excluding hydrogens is 359 g/mol. The molecule has 0 saturated carbocycles. The van der Waals surface area contributed by atoms with E-state index in [0.717, 1.165) is 37.2 Å². The van der Waals surface area contributed by atoms with Crippen molar-refractivity contribution in [1.29, 1.82) is 0 Å². The maximum Gasteiger partial charge on any atom is 0.231 e. The van der Waals surface area contributed by atoms with Gasteiger partial charge in [-0.1, -0.05) is 34.4 Å². The molecule has 1 saturated heterocycles. The van der Waals surface area contributed by atoms with Crippen molar-refractivity contribution in [2.45, 2.75) is 18.9 Å². The van der Waals surface area contributed by atoms with E-state index in [-0.39, 0.29) is 5.92 Å². The van der Waals surface area contributed by atoms with E-state index in [1.165, 1.54) is 0 Å². The van der Waals surface area contributed by atoms with Gasteiger partial charge in [-0.25, -0.2) is 0 Å². The third-order valence-electron chi connectivity index (χ3n) is 4.37. The molecule has 1 aliphatic heterocycles. The van der Waals surface area contributed by atoms with Crippen LogP contribution in [0, 0.1) is 0 Å². The molecule has 0 spiro atoms. The third kappa shape index (κ3) is 3.68. The second-order valence-corrected chi connectivity index (χ2v) is 6.98. The van der Waals surface area contributed by atoms with Crippen LogP contribution in [0.2, 0.25) is 10.0 Å². The zero-order valence-corrected chi connectivity index (χ0v) is 14.9. The minimum atomic E-state index is 0.251. The zero-order chi connectivity index (χ0) is 17.2. The standard InChI is InChI=1S/C18H16Cl2N4O/c19-15-4-3-12(8-16(15)20)10-24-7-5-14(11-24)18-22-17(23-25-18)13-2-1-6-21-9-13/h1-4,6,8-9,14H,5,7,10-11H2/t14-/m0/s1. The predicted molar refractivity (Wildman–Crippen MR) is 96.6 cm³/mol. The molecule has 1 aromatic carbocycles. The summed E-state index contributed by atoms with van der Waals surface area (Å²) in [5.74, 6) is 1.53. The number of rotatable bonds is 4. The summed E-state index contributed by atoms with van der Waals surface area (Å²) in [5, 5.41) is 5.26. The summed E-state index contributed by atoms with van der Waals surface area (Å²) in [4.78, 5) is 11.0. The van der Waals surface area contributed by atoms with Crippen LogP contribution in [-0.4, -0.2) is 33.1 Å². The Morgan fingerprint density at radius 1 is 1.20 bits per heavy atom. The topological polar surface area (TPSA) is 55.1 Å². The molecule has 5 nitrogen and oxygen atoms in total. The number of halogens is 2. The van der Waals surface area contributed by atoms with E-state index in [2.05, 4.69) is 20.0 Å². The van der Waals surface area contributed by atoms with Crippen LogP contribution < -0.4 is 0 Å². The molecule has 1 aliphatic rings. The van der Waals surface area contributed by atoms with E-state index in [0.29, 0.717) is 21.8 Å². The van der Waals surface area contributed by atoms with Crippen molar-refractivity contribution in [3.05, 3.63) is 64.2 Å². The largest absolute Gasteiger partial charge is 0.339 e. The SMILES string of the molecule is Clc1ccc(CN2CC[C@H](c3nc(-c4cccnc4)no3)C2)cc1Cl. The molecule has 3 heterocycles. The third-order valence-corrected chi connectivity index (χ3v) is 5.11. The van der Waals surface area contributed by atoms with E-state index in [1.807, 2.05) is 30.3 Å². The molecule has 0 amide bonds. The molecule has 2 aromatic heterocycles. The Hall–Kier alpha value is -1.95. The number of likely N-dealkylation sites (tertiary alicyclic amines) is 1. The summed E-state index contributed by atoms with van der Waals surface area (Å²) in [5.41, 5.74) is 2.01. The molecule has 0 bridgehead atoms. The number of hydrogen-bond acceptors (Lipinski definition) is 5. The van der Waals surface area contributed by atoms with Crippen molar-refractivity contribution in [3.63, 3.8) is 0 Å². The average molecular weight is 375 g/mol. The van der Waals surface area contributed by atoms with Crippen LogP contribution in [0.3, 0.4) is 0 Å². The van der Waals surface area contributed by atoms with E-state index in [9.17, 15) is 0 Å². The second-order valence-electron chi connectivity index (χ2n) is 6.17. The Morgan fingerprint density at radius 3 is 2.92 bits per heavy atom. The summed E-state index contributed by atoms with van der Waals surface area (Å²) in [6.45, 7) is 2.70. The van der Waals surface area contributed by atoms with Gasteiger partial charge in [0, 0.05) is 31.0 Å². The van der Waals surface area contributed by atoms with Gasteiger partial charge in [0.05, 0.1) is 16.0 Å². The molecule has 25 heavy (non-hydrogen) atoms.